The van der Waals surface area contributed by atoms with Crippen molar-refractivity contribution in [3.8, 4) is 0 Å². The Bertz CT molecular complexity index is 929. The Morgan fingerprint density at radius 1 is 0.861 bits per heavy atom. The maximum atomic E-state index is 14.2. The molecule has 5 nitrogen and oxygen atoms in total. The molecule has 0 bridgehead atoms. The van der Waals surface area contributed by atoms with E-state index >= 15 is 0 Å². The number of aliphatic hydroxyl groups excluding tert-OH is 2. The number of hydrogen-bond acceptors (Lipinski definition) is 5. The Balaban J connectivity index is 3.72. The summed E-state index contributed by atoms with van der Waals surface area (Å²) >= 11 is 0. The first kappa shape index (κ1) is 33.3. The van der Waals surface area contributed by atoms with E-state index in [0.717, 1.165) is 16.7 Å². The number of hydrogen-bond donors (Lipinski definition) is 2. The van der Waals surface area contributed by atoms with Crippen molar-refractivity contribution in [3.05, 3.63) is 28.8 Å². The van der Waals surface area contributed by atoms with Gasteiger partial charge in [0.1, 0.15) is 6.10 Å². The lowest BCUT2D eigenvalue weighted by Gasteiger charge is -2.41. The quantitative estimate of drug-likeness (QED) is 0.278. The van der Waals surface area contributed by atoms with Crippen molar-refractivity contribution in [1.29, 1.82) is 0 Å². The fraction of sp³-hybridized carbons (Fsp3) is 0.793. The fourth-order valence-electron chi connectivity index (χ4n) is 4.18. The van der Waals surface area contributed by atoms with Gasteiger partial charge < -0.3 is 14.6 Å². The van der Waals surface area contributed by atoms with E-state index in [-0.39, 0.29) is 34.5 Å². The third kappa shape index (κ3) is 8.39. The third-order valence-electron chi connectivity index (χ3n) is 7.51. The molecule has 0 saturated heterocycles. The molecule has 0 spiro atoms. The molecule has 2 N–H and O–H groups in total. The van der Waals surface area contributed by atoms with E-state index in [4.69, 9.17) is 4.43 Å². The number of rotatable bonds is 12. The topological polar surface area (TPSA) is 83.8 Å². The maximum absolute atomic E-state index is 14.2. The molecule has 0 saturated carbocycles. The number of aliphatic hydroxyl groups is 2. The first-order chi connectivity index (χ1) is 16.1. The van der Waals surface area contributed by atoms with Gasteiger partial charge in [0.25, 0.3) is 0 Å². The molecule has 0 radical (unpaired) electrons. The van der Waals surface area contributed by atoms with E-state index in [2.05, 4.69) is 34.6 Å². The Kier molecular flexibility index (Phi) is 11.5. The Morgan fingerprint density at radius 2 is 1.31 bits per heavy atom. The predicted octanol–water partition coefficient (Wildman–Crippen LogP) is 6.99. The normalized spacial score (nSPS) is 16.3. The smallest absolute Gasteiger partial charge is 0.192 e. The van der Waals surface area contributed by atoms with Crippen molar-refractivity contribution < 1.29 is 23.1 Å². The highest BCUT2D eigenvalue weighted by atomic mass is 32.2. The zero-order valence-corrected chi connectivity index (χ0v) is 27.0. The second-order valence-electron chi connectivity index (χ2n) is 13.4. The molecule has 0 unspecified atom stereocenters. The standard InChI is InChI=1S/C29H54O5SSi/c1-18(2)14-25(30)27(31)26(34-36(12,13)29(9,10)11)17-35(32,33)28-23(20(5)6)15-22(19(3)4)16-24(28)21(7)8/h15-16,18-21,25-27,30-31H,14,17H2,1-13H3/t25-,26-,27-/m1/s1. The maximum Gasteiger partial charge on any atom is 0.192 e. The molecule has 0 fully saturated rings. The summed E-state index contributed by atoms with van der Waals surface area (Å²) in [5, 5.41) is 21.8. The lowest BCUT2D eigenvalue weighted by molar-refractivity contribution is -0.0523. The van der Waals surface area contributed by atoms with Gasteiger partial charge in [0.15, 0.2) is 18.2 Å². The SMILES string of the molecule is CC(C)C[C@@H](O)[C@@H](O)[C@@H](CS(=O)(=O)c1c(C(C)C)cc(C(C)C)cc1C(C)C)O[Si](C)(C)C(C)(C)C. The second kappa shape index (κ2) is 12.4. The fourth-order valence-corrected chi connectivity index (χ4v) is 7.80. The van der Waals surface area contributed by atoms with Crippen LogP contribution in [-0.4, -0.2) is 51.0 Å². The first-order valence-corrected chi connectivity index (χ1v) is 18.1. The summed E-state index contributed by atoms with van der Waals surface area (Å²) in [7, 11) is -6.30. The molecule has 3 atom stereocenters. The van der Waals surface area contributed by atoms with Crippen LogP contribution in [-0.2, 0) is 14.3 Å². The van der Waals surface area contributed by atoms with Crippen LogP contribution in [0, 0.1) is 5.92 Å². The lowest BCUT2D eigenvalue weighted by Crippen LogP contribution is -2.52. The molecule has 7 heteroatoms. The van der Waals surface area contributed by atoms with E-state index < -0.39 is 36.5 Å². The monoisotopic (exact) mass is 542 g/mol. The number of benzene rings is 1. The summed E-state index contributed by atoms with van der Waals surface area (Å²) in [5.74, 6) is 0.100. The van der Waals surface area contributed by atoms with Gasteiger partial charge in [-0.2, -0.15) is 0 Å². The van der Waals surface area contributed by atoms with Gasteiger partial charge in [-0.15, -0.1) is 0 Å². The van der Waals surface area contributed by atoms with Crippen molar-refractivity contribution in [2.75, 3.05) is 5.75 Å². The Labute approximate surface area is 223 Å². The van der Waals surface area contributed by atoms with Crippen LogP contribution in [0.15, 0.2) is 17.0 Å². The summed E-state index contributed by atoms with van der Waals surface area (Å²) in [5.41, 5.74) is 2.75. The molecule has 0 heterocycles. The van der Waals surface area contributed by atoms with E-state index in [1.165, 1.54) is 0 Å². The second-order valence-corrected chi connectivity index (χ2v) is 20.1. The van der Waals surface area contributed by atoms with Crippen LogP contribution in [0.4, 0.5) is 0 Å². The van der Waals surface area contributed by atoms with Crippen molar-refractivity contribution in [2.24, 2.45) is 5.92 Å². The van der Waals surface area contributed by atoms with Crippen LogP contribution >= 0.6 is 0 Å². The molecule has 1 aromatic rings. The molecular formula is C29H54O5SSi. The van der Waals surface area contributed by atoms with Gasteiger partial charge in [-0.25, -0.2) is 8.42 Å². The summed E-state index contributed by atoms with van der Waals surface area (Å²) < 4.78 is 34.9. The highest BCUT2D eigenvalue weighted by Gasteiger charge is 2.43. The summed E-state index contributed by atoms with van der Waals surface area (Å²) in [6, 6.07) is 4.06. The van der Waals surface area contributed by atoms with Crippen LogP contribution in [0.5, 0.6) is 0 Å². The average molecular weight is 543 g/mol. The zero-order valence-electron chi connectivity index (χ0n) is 25.1. The van der Waals surface area contributed by atoms with Gasteiger partial charge in [0, 0.05) is 0 Å². The van der Waals surface area contributed by atoms with Gasteiger partial charge in [-0.3, -0.25) is 0 Å². The lowest BCUT2D eigenvalue weighted by atomic mass is 9.89. The molecule has 0 amide bonds. The van der Waals surface area contributed by atoms with Gasteiger partial charge in [0.2, 0.25) is 0 Å². The average Bonchev–Trinajstić information content (AvgIpc) is 2.69. The minimum Gasteiger partial charge on any atom is -0.410 e. The van der Waals surface area contributed by atoms with Crippen LogP contribution < -0.4 is 0 Å². The minimum atomic E-state index is -3.85. The van der Waals surface area contributed by atoms with Crippen molar-refractivity contribution in [1.82, 2.24) is 0 Å². The van der Waals surface area contributed by atoms with E-state index in [0.29, 0.717) is 11.3 Å². The largest absolute Gasteiger partial charge is 0.410 e. The molecule has 1 rings (SSSR count). The van der Waals surface area contributed by atoms with Gasteiger partial charge in [-0.1, -0.05) is 88.3 Å². The molecule has 1 aromatic carbocycles. The summed E-state index contributed by atoms with van der Waals surface area (Å²) in [4.78, 5) is 0.367. The Morgan fingerprint density at radius 3 is 1.64 bits per heavy atom. The minimum absolute atomic E-state index is 0.0159. The summed E-state index contributed by atoms with van der Waals surface area (Å²) in [6.45, 7) is 26.6. The van der Waals surface area contributed by atoms with E-state index in [1.54, 1.807) is 0 Å². The molecule has 36 heavy (non-hydrogen) atoms. The molecular weight excluding hydrogens is 488 g/mol. The third-order valence-corrected chi connectivity index (χ3v) is 13.9. The van der Waals surface area contributed by atoms with E-state index in [1.807, 2.05) is 66.8 Å². The van der Waals surface area contributed by atoms with E-state index in [9.17, 15) is 18.6 Å². The predicted molar refractivity (Wildman–Crippen MR) is 154 cm³/mol. The number of sulfone groups is 1. The van der Waals surface area contributed by atoms with Crippen LogP contribution in [0.3, 0.4) is 0 Å². The van der Waals surface area contributed by atoms with Crippen LogP contribution in [0.25, 0.3) is 0 Å². The summed E-state index contributed by atoms with van der Waals surface area (Å²) in [6.07, 6.45) is -3.01. The van der Waals surface area contributed by atoms with Crippen molar-refractivity contribution >= 4 is 18.2 Å². The van der Waals surface area contributed by atoms with Crippen molar-refractivity contribution in [2.45, 2.75) is 142 Å². The highest BCUT2D eigenvalue weighted by Crippen LogP contribution is 2.40. The molecule has 210 valence electrons. The van der Waals surface area contributed by atoms with Crippen LogP contribution in [0.1, 0.15) is 117 Å². The first-order valence-electron chi connectivity index (χ1n) is 13.6. The molecule has 0 aliphatic rings. The molecule has 0 aliphatic carbocycles. The van der Waals surface area contributed by atoms with Crippen LogP contribution in [0.2, 0.25) is 18.1 Å². The highest BCUT2D eigenvalue weighted by molar-refractivity contribution is 7.91. The molecule has 0 aliphatic heterocycles. The van der Waals surface area contributed by atoms with Gasteiger partial charge in [-0.05, 0) is 64.9 Å². The zero-order chi connectivity index (χ0) is 28.4. The van der Waals surface area contributed by atoms with Gasteiger partial charge in [0.05, 0.1) is 22.9 Å². The van der Waals surface area contributed by atoms with Gasteiger partial charge >= 0.3 is 0 Å². The molecule has 0 aromatic heterocycles. The van der Waals surface area contributed by atoms with Crippen molar-refractivity contribution in [3.63, 3.8) is 0 Å². The Hall–Kier alpha value is -0.733.